The number of carbonyl (C=O) groups is 1. The summed E-state index contributed by atoms with van der Waals surface area (Å²) in [5.74, 6) is 6.33. The maximum absolute atomic E-state index is 11.4. The van der Waals surface area contributed by atoms with E-state index in [9.17, 15) is 4.79 Å². The minimum absolute atomic E-state index is 0.0790. The number of nitrogens with one attached hydrogen (secondary N) is 1. The standard InChI is InChI=1S/C16H20N2O3/c1-13-8-9-15(12-18-13)20-11-5-4-10-17-16(19)21-14-6-2-3-7-14/h8-9,12,14H,2-3,6-7,10-11H2,1H3,(H,17,19). The van der Waals surface area contributed by atoms with Crippen molar-refractivity contribution in [3.05, 3.63) is 24.0 Å². The maximum atomic E-state index is 11.4. The fourth-order valence-electron chi connectivity index (χ4n) is 2.09. The lowest BCUT2D eigenvalue weighted by atomic mass is 10.3. The van der Waals surface area contributed by atoms with Crippen LogP contribution in [0.1, 0.15) is 31.4 Å². The number of amides is 1. The molecule has 1 N–H and O–H groups in total. The molecule has 0 unspecified atom stereocenters. The van der Waals surface area contributed by atoms with Crippen molar-refractivity contribution < 1.29 is 14.3 Å². The number of aryl methyl sites for hydroxylation is 1. The van der Waals surface area contributed by atoms with E-state index in [0.29, 0.717) is 5.75 Å². The molecule has 1 saturated carbocycles. The first kappa shape index (κ1) is 15.2. The molecule has 5 heteroatoms. The van der Waals surface area contributed by atoms with Gasteiger partial charge in [0.15, 0.2) is 0 Å². The molecule has 0 spiro atoms. The molecule has 1 aromatic heterocycles. The molecule has 0 atom stereocenters. The second-order valence-corrected chi connectivity index (χ2v) is 4.94. The number of carbonyl (C=O) groups excluding carboxylic acids is 1. The van der Waals surface area contributed by atoms with Crippen LogP contribution in [0.4, 0.5) is 4.79 Å². The van der Waals surface area contributed by atoms with Gasteiger partial charge in [-0.05, 0) is 44.7 Å². The second-order valence-electron chi connectivity index (χ2n) is 4.94. The number of hydrogen-bond acceptors (Lipinski definition) is 4. The zero-order chi connectivity index (χ0) is 14.9. The van der Waals surface area contributed by atoms with E-state index >= 15 is 0 Å². The molecule has 1 amide bonds. The summed E-state index contributed by atoms with van der Waals surface area (Å²) in [6, 6.07) is 3.73. The lowest BCUT2D eigenvalue weighted by Gasteiger charge is -2.10. The molecular formula is C16H20N2O3. The van der Waals surface area contributed by atoms with Crippen molar-refractivity contribution in [2.24, 2.45) is 0 Å². The number of pyridine rings is 1. The molecule has 1 aliphatic rings. The van der Waals surface area contributed by atoms with Crippen LogP contribution in [0.2, 0.25) is 0 Å². The molecule has 2 rings (SSSR count). The van der Waals surface area contributed by atoms with Crippen molar-refractivity contribution in [1.29, 1.82) is 0 Å². The Morgan fingerprint density at radius 1 is 1.38 bits per heavy atom. The van der Waals surface area contributed by atoms with Gasteiger partial charge in [-0.15, -0.1) is 0 Å². The molecule has 0 saturated heterocycles. The summed E-state index contributed by atoms with van der Waals surface area (Å²) in [6.45, 7) is 2.45. The first-order valence-electron chi connectivity index (χ1n) is 7.20. The molecular weight excluding hydrogens is 268 g/mol. The van der Waals surface area contributed by atoms with Gasteiger partial charge in [-0.2, -0.15) is 0 Å². The third-order valence-electron chi connectivity index (χ3n) is 3.22. The van der Waals surface area contributed by atoms with Gasteiger partial charge in [0.1, 0.15) is 18.5 Å². The van der Waals surface area contributed by atoms with Gasteiger partial charge in [-0.1, -0.05) is 11.8 Å². The summed E-state index contributed by atoms with van der Waals surface area (Å²) in [7, 11) is 0. The van der Waals surface area contributed by atoms with Crippen molar-refractivity contribution in [1.82, 2.24) is 10.3 Å². The molecule has 1 heterocycles. The van der Waals surface area contributed by atoms with Gasteiger partial charge in [0.2, 0.25) is 0 Å². The van der Waals surface area contributed by atoms with E-state index < -0.39 is 0 Å². The van der Waals surface area contributed by atoms with Crippen LogP contribution in [0.3, 0.4) is 0 Å². The molecule has 112 valence electrons. The van der Waals surface area contributed by atoms with E-state index in [1.165, 1.54) is 0 Å². The van der Waals surface area contributed by atoms with Crippen molar-refractivity contribution in [3.63, 3.8) is 0 Å². The van der Waals surface area contributed by atoms with E-state index in [-0.39, 0.29) is 25.3 Å². The largest absolute Gasteiger partial charge is 0.479 e. The monoisotopic (exact) mass is 288 g/mol. The Bertz CT molecular complexity index is 511. The van der Waals surface area contributed by atoms with Crippen molar-refractivity contribution >= 4 is 6.09 Å². The third kappa shape index (κ3) is 5.74. The first-order valence-corrected chi connectivity index (χ1v) is 7.20. The normalized spacial score (nSPS) is 14.1. The zero-order valence-corrected chi connectivity index (χ0v) is 12.2. The summed E-state index contributed by atoms with van der Waals surface area (Å²) in [6.07, 6.45) is 5.57. The van der Waals surface area contributed by atoms with Gasteiger partial charge in [0.05, 0.1) is 12.7 Å². The first-order chi connectivity index (χ1) is 10.2. The van der Waals surface area contributed by atoms with Gasteiger partial charge < -0.3 is 14.8 Å². The molecule has 0 aromatic carbocycles. The Kier molecular flexibility index (Phi) is 5.89. The summed E-state index contributed by atoms with van der Waals surface area (Å²) in [5, 5.41) is 2.61. The van der Waals surface area contributed by atoms with Crippen LogP contribution < -0.4 is 10.1 Å². The van der Waals surface area contributed by atoms with E-state index in [1.807, 2.05) is 19.1 Å². The van der Waals surface area contributed by atoms with Gasteiger partial charge >= 0.3 is 6.09 Å². The Morgan fingerprint density at radius 3 is 2.90 bits per heavy atom. The summed E-state index contributed by atoms with van der Waals surface area (Å²) < 4.78 is 10.6. The quantitative estimate of drug-likeness (QED) is 0.864. The molecule has 1 fully saturated rings. The molecule has 0 aliphatic heterocycles. The number of ether oxygens (including phenoxy) is 2. The van der Waals surface area contributed by atoms with E-state index in [2.05, 4.69) is 22.1 Å². The van der Waals surface area contributed by atoms with Crippen molar-refractivity contribution in [2.75, 3.05) is 13.2 Å². The third-order valence-corrected chi connectivity index (χ3v) is 3.22. The van der Waals surface area contributed by atoms with Gasteiger partial charge in [-0.25, -0.2) is 4.79 Å². The number of nitrogens with zero attached hydrogens (tertiary/aromatic N) is 1. The van der Waals surface area contributed by atoms with Crippen molar-refractivity contribution in [2.45, 2.75) is 38.7 Å². The highest BCUT2D eigenvalue weighted by molar-refractivity contribution is 5.67. The topological polar surface area (TPSA) is 60.5 Å². The van der Waals surface area contributed by atoms with E-state index in [0.717, 1.165) is 31.4 Å². The van der Waals surface area contributed by atoms with Crippen LogP contribution in [-0.4, -0.2) is 30.3 Å². The van der Waals surface area contributed by atoms with Gasteiger partial charge in [0.25, 0.3) is 0 Å². The number of hydrogen-bond donors (Lipinski definition) is 1. The van der Waals surface area contributed by atoms with Crippen LogP contribution in [-0.2, 0) is 4.74 Å². The number of rotatable bonds is 4. The molecule has 1 aromatic rings. The summed E-state index contributed by atoms with van der Waals surface area (Å²) >= 11 is 0. The predicted octanol–water partition coefficient (Wildman–Crippen LogP) is 2.44. The van der Waals surface area contributed by atoms with Crippen LogP contribution in [0.5, 0.6) is 5.75 Å². The molecule has 1 aliphatic carbocycles. The fourth-order valence-corrected chi connectivity index (χ4v) is 2.09. The minimum atomic E-state index is -0.389. The number of aromatic nitrogens is 1. The second kappa shape index (κ2) is 8.15. The van der Waals surface area contributed by atoms with Crippen LogP contribution in [0.15, 0.2) is 18.3 Å². The molecule has 21 heavy (non-hydrogen) atoms. The van der Waals surface area contributed by atoms with Crippen molar-refractivity contribution in [3.8, 4) is 17.6 Å². The smallest absolute Gasteiger partial charge is 0.408 e. The fraction of sp³-hybridized carbons (Fsp3) is 0.500. The predicted molar refractivity (Wildman–Crippen MR) is 79.0 cm³/mol. The van der Waals surface area contributed by atoms with E-state index in [4.69, 9.17) is 9.47 Å². The highest BCUT2D eigenvalue weighted by Gasteiger charge is 2.18. The maximum Gasteiger partial charge on any atom is 0.408 e. The summed E-state index contributed by atoms with van der Waals surface area (Å²) in [4.78, 5) is 15.6. The molecule has 0 radical (unpaired) electrons. The zero-order valence-electron chi connectivity index (χ0n) is 12.2. The van der Waals surface area contributed by atoms with Gasteiger partial charge in [-0.3, -0.25) is 4.98 Å². The molecule has 5 nitrogen and oxygen atoms in total. The highest BCUT2D eigenvalue weighted by Crippen LogP contribution is 2.20. The molecule has 0 bridgehead atoms. The van der Waals surface area contributed by atoms with Gasteiger partial charge in [0, 0.05) is 5.69 Å². The van der Waals surface area contributed by atoms with Crippen LogP contribution in [0.25, 0.3) is 0 Å². The average molecular weight is 288 g/mol. The Hall–Kier alpha value is -2.22. The Balaban J connectivity index is 1.58. The van der Waals surface area contributed by atoms with E-state index in [1.54, 1.807) is 6.20 Å². The highest BCUT2D eigenvalue weighted by atomic mass is 16.6. The van der Waals surface area contributed by atoms with Crippen LogP contribution >= 0.6 is 0 Å². The minimum Gasteiger partial charge on any atom is -0.479 e. The lowest BCUT2D eigenvalue weighted by Crippen LogP contribution is -2.28. The average Bonchev–Trinajstić information content (AvgIpc) is 2.97. The Morgan fingerprint density at radius 2 is 2.19 bits per heavy atom. The lowest BCUT2D eigenvalue weighted by molar-refractivity contribution is 0.102. The summed E-state index contributed by atoms with van der Waals surface area (Å²) in [5.41, 5.74) is 0.943. The van der Waals surface area contributed by atoms with Crippen LogP contribution in [0, 0.1) is 18.8 Å². The Labute approximate surface area is 125 Å². The SMILES string of the molecule is Cc1ccc(OCC#CCNC(=O)OC2CCCC2)cn1. The number of alkyl carbamates (subject to hydrolysis) is 1.